The van der Waals surface area contributed by atoms with Crippen molar-refractivity contribution in [3.8, 4) is 5.75 Å². The molecule has 0 atom stereocenters. The summed E-state index contributed by atoms with van der Waals surface area (Å²) in [5.74, 6) is -1.49. The molecule has 2 amide bonds. The van der Waals surface area contributed by atoms with E-state index >= 15 is 0 Å². The summed E-state index contributed by atoms with van der Waals surface area (Å²) in [6.45, 7) is 5.68. The average Bonchev–Trinajstić information content (AvgIpc) is 2.56. The SMILES string of the molecule is Cc1ccc(F)cc1NC(=O)C(=O)NCc1ccccc1OC(C)C. The zero-order valence-electron chi connectivity index (χ0n) is 14.4. The van der Waals surface area contributed by atoms with Crippen LogP contribution in [0.25, 0.3) is 0 Å². The molecule has 0 saturated heterocycles. The number of rotatable bonds is 5. The Morgan fingerprint density at radius 3 is 2.56 bits per heavy atom. The molecule has 0 heterocycles. The molecule has 0 aromatic heterocycles. The van der Waals surface area contributed by atoms with Crippen molar-refractivity contribution in [2.75, 3.05) is 5.32 Å². The maximum absolute atomic E-state index is 13.3. The fourth-order valence-corrected chi connectivity index (χ4v) is 2.18. The molecular formula is C19H21FN2O3. The molecule has 25 heavy (non-hydrogen) atoms. The number of hydrogen-bond donors (Lipinski definition) is 2. The molecule has 2 aromatic rings. The molecule has 2 N–H and O–H groups in total. The minimum absolute atomic E-state index is 0.00361. The van der Waals surface area contributed by atoms with Crippen LogP contribution < -0.4 is 15.4 Å². The van der Waals surface area contributed by atoms with Gasteiger partial charge in [0.2, 0.25) is 0 Å². The number of para-hydroxylation sites is 1. The molecule has 0 spiro atoms. The highest BCUT2D eigenvalue weighted by Gasteiger charge is 2.16. The molecule has 0 unspecified atom stereocenters. The molecule has 0 aliphatic carbocycles. The summed E-state index contributed by atoms with van der Waals surface area (Å²) < 4.78 is 18.9. The van der Waals surface area contributed by atoms with Crippen LogP contribution in [0.4, 0.5) is 10.1 Å². The predicted molar refractivity (Wildman–Crippen MR) is 93.8 cm³/mol. The van der Waals surface area contributed by atoms with Gasteiger partial charge in [0.15, 0.2) is 0 Å². The van der Waals surface area contributed by atoms with Gasteiger partial charge in [-0.2, -0.15) is 0 Å². The fraction of sp³-hybridized carbons (Fsp3) is 0.263. The number of benzene rings is 2. The number of carbonyl (C=O) groups is 2. The van der Waals surface area contributed by atoms with Crippen molar-refractivity contribution in [2.45, 2.75) is 33.4 Å². The second-order valence-corrected chi connectivity index (χ2v) is 5.87. The van der Waals surface area contributed by atoms with Gasteiger partial charge < -0.3 is 15.4 Å². The molecule has 0 fully saturated rings. The summed E-state index contributed by atoms with van der Waals surface area (Å²) >= 11 is 0. The third kappa shape index (κ3) is 5.31. The first-order chi connectivity index (χ1) is 11.9. The number of hydrogen-bond acceptors (Lipinski definition) is 3. The molecular weight excluding hydrogens is 323 g/mol. The number of anilines is 1. The van der Waals surface area contributed by atoms with Crippen molar-refractivity contribution in [3.05, 3.63) is 59.4 Å². The van der Waals surface area contributed by atoms with Crippen LogP contribution in [0.15, 0.2) is 42.5 Å². The van der Waals surface area contributed by atoms with Crippen molar-refractivity contribution in [1.82, 2.24) is 5.32 Å². The van der Waals surface area contributed by atoms with E-state index in [1.54, 1.807) is 13.0 Å². The highest BCUT2D eigenvalue weighted by molar-refractivity contribution is 6.39. The van der Waals surface area contributed by atoms with Gasteiger partial charge >= 0.3 is 11.8 Å². The van der Waals surface area contributed by atoms with Gasteiger partial charge in [-0.15, -0.1) is 0 Å². The highest BCUT2D eigenvalue weighted by Crippen LogP contribution is 2.19. The molecule has 0 aliphatic rings. The van der Waals surface area contributed by atoms with Crippen molar-refractivity contribution in [2.24, 2.45) is 0 Å². The van der Waals surface area contributed by atoms with Gasteiger partial charge in [-0.3, -0.25) is 9.59 Å². The van der Waals surface area contributed by atoms with Crippen LogP contribution in [0.2, 0.25) is 0 Å². The summed E-state index contributed by atoms with van der Waals surface area (Å²) in [5.41, 5.74) is 1.70. The molecule has 0 bridgehead atoms. The minimum atomic E-state index is -0.851. The number of carbonyl (C=O) groups excluding carboxylic acids is 2. The molecule has 2 rings (SSSR count). The Hall–Kier alpha value is -2.89. The predicted octanol–water partition coefficient (Wildman–Crippen LogP) is 3.18. The normalized spacial score (nSPS) is 10.4. The van der Waals surface area contributed by atoms with E-state index in [9.17, 15) is 14.0 Å². The van der Waals surface area contributed by atoms with Gasteiger partial charge in [-0.25, -0.2) is 4.39 Å². The van der Waals surface area contributed by atoms with Gasteiger partial charge in [0.05, 0.1) is 6.10 Å². The Morgan fingerprint density at radius 2 is 1.84 bits per heavy atom. The van der Waals surface area contributed by atoms with E-state index in [4.69, 9.17) is 4.74 Å². The van der Waals surface area contributed by atoms with E-state index in [1.807, 2.05) is 32.0 Å². The second kappa shape index (κ2) is 8.28. The summed E-state index contributed by atoms with van der Waals surface area (Å²) in [5, 5.41) is 4.95. The number of nitrogens with one attached hydrogen (secondary N) is 2. The molecule has 0 aliphatic heterocycles. The number of halogens is 1. The third-order valence-electron chi connectivity index (χ3n) is 3.43. The fourth-order valence-electron chi connectivity index (χ4n) is 2.18. The molecule has 0 radical (unpaired) electrons. The Morgan fingerprint density at radius 1 is 1.12 bits per heavy atom. The summed E-state index contributed by atoms with van der Waals surface area (Å²) in [6, 6.07) is 11.3. The monoisotopic (exact) mass is 344 g/mol. The van der Waals surface area contributed by atoms with Crippen molar-refractivity contribution in [1.29, 1.82) is 0 Å². The number of ether oxygens (including phenoxy) is 1. The van der Waals surface area contributed by atoms with Gasteiger partial charge in [0, 0.05) is 17.8 Å². The first-order valence-electron chi connectivity index (χ1n) is 7.96. The van der Waals surface area contributed by atoms with Crippen LogP contribution >= 0.6 is 0 Å². The quantitative estimate of drug-likeness (QED) is 0.819. The standard InChI is InChI=1S/C19H21FN2O3/c1-12(2)25-17-7-5-4-6-14(17)11-21-18(23)19(24)22-16-10-15(20)9-8-13(16)3/h4-10,12H,11H2,1-3H3,(H,21,23)(H,22,24). The van der Waals surface area contributed by atoms with Crippen LogP contribution in [-0.2, 0) is 16.1 Å². The summed E-state index contributed by atoms with van der Waals surface area (Å²) in [7, 11) is 0. The lowest BCUT2D eigenvalue weighted by molar-refractivity contribution is -0.136. The molecule has 6 heteroatoms. The largest absolute Gasteiger partial charge is 0.491 e. The van der Waals surface area contributed by atoms with E-state index in [-0.39, 0.29) is 18.3 Å². The van der Waals surface area contributed by atoms with E-state index in [2.05, 4.69) is 10.6 Å². The van der Waals surface area contributed by atoms with E-state index < -0.39 is 17.6 Å². The van der Waals surface area contributed by atoms with E-state index in [0.717, 1.165) is 5.56 Å². The molecule has 0 saturated carbocycles. The number of amides is 2. The Labute approximate surface area is 146 Å². The molecule has 2 aromatic carbocycles. The highest BCUT2D eigenvalue weighted by atomic mass is 19.1. The topological polar surface area (TPSA) is 67.4 Å². The van der Waals surface area contributed by atoms with E-state index in [0.29, 0.717) is 11.3 Å². The van der Waals surface area contributed by atoms with Crippen LogP contribution in [-0.4, -0.2) is 17.9 Å². The average molecular weight is 344 g/mol. The molecule has 132 valence electrons. The lowest BCUT2D eigenvalue weighted by atomic mass is 10.2. The first-order valence-corrected chi connectivity index (χ1v) is 7.96. The van der Waals surface area contributed by atoms with Gasteiger partial charge in [-0.05, 0) is 44.5 Å². The lowest BCUT2D eigenvalue weighted by Gasteiger charge is -2.14. The van der Waals surface area contributed by atoms with Gasteiger partial charge in [0.25, 0.3) is 0 Å². The summed E-state index contributed by atoms with van der Waals surface area (Å²) in [4.78, 5) is 24.0. The number of aryl methyl sites for hydroxylation is 1. The van der Waals surface area contributed by atoms with Crippen LogP contribution in [0.1, 0.15) is 25.0 Å². The zero-order chi connectivity index (χ0) is 18.4. The van der Waals surface area contributed by atoms with Crippen molar-refractivity contribution < 1.29 is 18.7 Å². The summed E-state index contributed by atoms with van der Waals surface area (Å²) in [6.07, 6.45) is -0.00361. The van der Waals surface area contributed by atoms with Crippen LogP contribution in [0.5, 0.6) is 5.75 Å². The van der Waals surface area contributed by atoms with Crippen LogP contribution in [0.3, 0.4) is 0 Å². The Balaban J connectivity index is 1.98. The van der Waals surface area contributed by atoms with Crippen molar-refractivity contribution in [3.63, 3.8) is 0 Å². The maximum atomic E-state index is 13.3. The zero-order valence-corrected chi connectivity index (χ0v) is 14.4. The Kier molecular flexibility index (Phi) is 6.11. The van der Waals surface area contributed by atoms with E-state index in [1.165, 1.54) is 18.2 Å². The van der Waals surface area contributed by atoms with Gasteiger partial charge in [-0.1, -0.05) is 24.3 Å². The van der Waals surface area contributed by atoms with Crippen LogP contribution in [0, 0.1) is 12.7 Å². The van der Waals surface area contributed by atoms with Gasteiger partial charge in [0.1, 0.15) is 11.6 Å². The van der Waals surface area contributed by atoms with Crippen molar-refractivity contribution >= 4 is 17.5 Å². The molecule has 5 nitrogen and oxygen atoms in total. The minimum Gasteiger partial charge on any atom is -0.491 e. The second-order valence-electron chi connectivity index (χ2n) is 5.87. The maximum Gasteiger partial charge on any atom is 0.313 e. The Bertz CT molecular complexity index is 775. The lowest BCUT2D eigenvalue weighted by Crippen LogP contribution is -2.35. The smallest absolute Gasteiger partial charge is 0.313 e. The third-order valence-corrected chi connectivity index (χ3v) is 3.43. The first kappa shape index (κ1) is 18.4.